The summed E-state index contributed by atoms with van der Waals surface area (Å²) in [6.07, 6.45) is 5.01. The zero-order chi connectivity index (χ0) is 24.0. The molecular formula is C23H22FN7O3. The Kier molecular flexibility index (Phi) is 5.03. The summed E-state index contributed by atoms with van der Waals surface area (Å²) in [5, 5.41) is 5.80. The van der Waals surface area contributed by atoms with Crippen molar-refractivity contribution >= 4 is 29.1 Å². The number of amidine groups is 1. The van der Waals surface area contributed by atoms with Crippen molar-refractivity contribution < 1.29 is 18.3 Å². The minimum atomic E-state index is -0.484. The SMILES string of the molecule is Cc1nc(C)c(C(=O)Nc2ccc(F)c(-c3cn4cc(NC5=NC(C)(C)CO5)cnc4n3)c2)o1. The van der Waals surface area contributed by atoms with Crippen molar-refractivity contribution in [2.75, 3.05) is 17.2 Å². The van der Waals surface area contributed by atoms with Crippen molar-refractivity contribution in [2.45, 2.75) is 33.2 Å². The zero-order valence-corrected chi connectivity index (χ0v) is 19.0. The van der Waals surface area contributed by atoms with E-state index >= 15 is 0 Å². The van der Waals surface area contributed by atoms with Crippen molar-refractivity contribution in [3.8, 4) is 11.3 Å². The molecule has 0 spiro atoms. The Morgan fingerprint density at radius 3 is 2.71 bits per heavy atom. The van der Waals surface area contributed by atoms with E-state index < -0.39 is 11.7 Å². The third kappa shape index (κ3) is 4.19. The van der Waals surface area contributed by atoms with Crippen LogP contribution in [0.1, 0.15) is 36.0 Å². The highest BCUT2D eigenvalue weighted by Gasteiger charge is 2.26. The number of ether oxygens (including phenoxy) is 1. The molecule has 1 aromatic carbocycles. The van der Waals surface area contributed by atoms with Crippen LogP contribution in [0.3, 0.4) is 0 Å². The number of aryl methyl sites for hydroxylation is 2. The van der Waals surface area contributed by atoms with Crippen LogP contribution in [0.5, 0.6) is 0 Å². The molecule has 34 heavy (non-hydrogen) atoms. The number of rotatable bonds is 4. The first-order chi connectivity index (χ1) is 16.2. The number of amides is 1. The number of imidazole rings is 1. The number of hydrogen-bond donors (Lipinski definition) is 2. The largest absolute Gasteiger partial charge is 0.462 e. The number of hydrogen-bond acceptors (Lipinski definition) is 8. The van der Waals surface area contributed by atoms with Crippen LogP contribution >= 0.6 is 0 Å². The van der Waals surface area contributed by atoms with Crippen LogP contribution in [0, 0.1) is 19.7 Å². The first-order valence-corrected chi connectivity index (χ1v) is 10.6. The van der Waals surface area contributed by atoms with E-state index in [0.717, 1.165) is 0 Å². The number of halogens is 1. The summed E-state index contributed by atoms with van der Waals surface area (Å²) in [6.45, 7) is 7.78. The topological polar surface area (TPSA) is 119 Å². The Labute approximate surface area is 193 Å². The third-order valence-corrected chi connectivity index (χ3v) is 5.14. The highest BCUT2D eigenvalue weighted by atomic mass is 19.1. The molecule has 0 saturated heterocycles. The van der Waals surface area contributed by atoms with Gasteiger partial charge in [-0.1, -0.05) is 0 Å². The van der Waals surface area contributed by atoms with E-state index in [1.54, 1.807) is 36.8 Å². The van der Waals surface area contributed by atoms with Gasteiger partial charge in [-0.15, -0.1) is 0 Å². The Morgan fingerprint density at radius 1 is 1.18 bits per heavy atom. The molecule has 11 heteroatoms. The minimum absolute atomic E-state index is 0.111. The van der Waals surface area contributed by atoms with Crippen molar-refractivity contribution in [3.05, 3.63) is 60.0 Å². The Balaban J connectivity index is 1.40. The summed E-state index contributed by atoms with van der Waals surface area (Å²) < 4.78 is 27.3. The van der Waals surface area contributed by atoms with Crippen LogP contribution in [0.4, 0.5) is 15.8 Å². The van der Waals surface area contributed by atoms with Crippen LogP contribution in [0.15, 0.2) is 46.2 Å². The number of benzene rings is 1. The van der Waals surface area contributed by atoms with Crippen LogP contribution in [-0.2, 0) is 4.74 Å². The maximum Gasteiger partial charge on any atom is 0.293 e. The lowest BCUT2D eigenvalue weighted by molar-refractivity contribution is 0.0994. The van der Waals surface area contributed by atoms with E-state index in [2.05, 4.69) is 30.6 Å². The first kappa shape index (κ1) is 21.6. The summed E-state index contributed by atoms with van der Waals surface area (Å²) >= 11 is 0. The van der Waals surface area contributed by atoms with Gasteiger partial charge in [0.2, 0.25) is 11.5 Å². The molecule has 0 aliphatic carbocycles. The van der Waals surface area contributed by atoms with Gasteiger partial charge in [-0.2, -0.15) is 0 Å². The number of carbonyl (C=O) groups is 1. The van der Waals surface area contributed by atoms with Gasteiger partial charge in [0.05, 0.1) is 28.8 Å². The van der Waals surface area contributed by atoms with Crippen molar-refractivity contribution in [1.29, 1.82) is 0 Å². The van der Waals surface area contributed by atoms with E-state index in [1.807, 2.05) is 13.8 Å². The lowest BCUT2D eigenvalue weighted by Crippen LogP contribution is -2.17. The molecular weight excluding hydrogens is 441 g/mol. The molecule has 0 radical (unpaired) electrons. The molecule has 1 aliphatic rings. The van der Waals surface area contributed by atoms with E-state index in [0.29, 0.717) is 47.1 Å². The molecule has 0 unspecified atom stereocenters. The lowest BCUT2D eigenvalue weighted by atomic mass is 10.1. The predicted molar refractivity (Wildman–Crippen MR) is 123 cm³/mol. The quantitative estimate of drug-likeness (QED) is 0.470. The second-order valence-electron chi connectivity index (χ2n) is 8.62. The normalized spacial score (nSPS) is 14.7. The minimum Gasteiger partial charge on any atom is -0.462 e. The average molecular weight is 463 g/mol. The summed E-state index contributed by atoms with van der Waals surface area (Å²) in [7, 11) is 0. The molecule has 1 aliphatic heterocycles. The molecule has 10 nitrogen and oxygen atoms in total. The van der Waals surface area contributed by atoms with Gasteiger partial charge in [-0.3, -0.25) is 9.20 Å². The predicted octanol–water partition coefficient (Wildman–Crippen LogP) is 3.97. The molecule has 0 atom stereocenters. The van der Waals surface area contributed by atoms with Gasteiger partial charge in [0.1, 0.15) is 12.4 Å². The van der Waals surface area contributed by atoms with Gasteiger partial charge in [0.25, 0.3) is 11.9 Å². The Hall–Kier alpha value is -4.28. The average Bonchev–Trinajstić information content (AvgIpc) is 3.45. The molecule has 4 aromatic rings. The third-order valence-electron chi connectivity index (χ3n) is 5.14. The molecule has 3 aromatic heterocycles. The highest BCUT2D eigenvalue weighted by molar-refractivity contribution is 6.03. The first-order valence-electron chi connectivity index (χ1n) is 10.6. The molecule has 1 amide bonds. The van der Waals surface area contributed by atoms with Crippen molar-refractivity contribution in [2.24, 2.45) is 4.99 Å². The monoisotopic (exact) mass is 463 g/mol. The summed E-state index contributed by atoms with van der Waals surface area (Å²) in [5.41, 5.74) is 1.80. The summed E-state index contributed by atoms with van der Waals surface area (Å²) in [5.74, 6) is -0.0641. The van der Waals surface area contributed by atoms with Gasteiger partial charge in [-0.25, -0.2) is 24.3 Å². The second kappa shape index (κ2) is 7.94. The molecule has 174 valence electrons. The number of nitrogens with one attached hydrogen (secondary N) is 2. The number of aliphatic imine (C=N–C) groups is 1. The Morgan fingerprint density at radius 2 is 2.00 bits per heavy atom. The highest BCUT2D eigenvalue weighted by Crippen LogP contribution is 2.27. The van der Waals surface area contributed by atoms with Gasteiger partial charge < -0.3 is 19.8 Å². The van der Waals surface area contributed by atoms with Crippen LogP contribution < -0.4 is 10.6 Å². The smallest absolute Gasteiger partial charge is 0.293 e. The van der Waals surface area contributed by atoms with Gasteiger partial charge in [0, 0.05) is 30.6 Å². The standard InChI is InChI=1S/C23H22FN7O3/c1-12-19(34-13(2)26-12)20(32)27-14-5-6-17(24)16(7-14)18-10-31-9-15(8-25-21(31)29-18)28-22-30-23(3,4)11-33-22/h5-10H,11H2,1-4H3,(H,27,32)(H,28,30). The maximum atomic E-state index is 14.7. The second-order valence-corrected chi connectivity index (χ2v) is 8.62. The van der Waals surface area contributed by atoms with Crippen LogP contribution in [0.2, 0.25) is 0 Å². The molecule has 2 N–H and O–H groups in total. The van der Waals surface area contributed by atoms with E-state index in [4.69, 9.17) is 9.15 Å². The van der Waals surface area contributed by atoms with Crippen LogP contribution in [-0.4, -0.2) is 43.4 Å². The fourth-order valence-corrected chi connectivity index (χ4v) is 3.58. The number of nitrogens with zero attached hydrogens (tertiary/aromatic N) is 5. The Bertz CT molecular complexity index is 1450. The van der Waals surface area contributed by atoms with Crippen molar-refractivity contribution in [1.82, 2.24) is 19.4 Å². The fraction of sp³-hybridized carbons (Fsp3) is 0.261. The molecule has 5 rings (SSSR count). The van der Waals surface area contributed by atoms with E-state index in [-0.39, 0.29) is 16.9 Å². The fourth-order valence-electron chi connectivity index (χ4n) is 3.58. The molecule has 0 fully saturated rings. The molecule has 4 heterocycles. The zero-order valence-electron chi connectivity index (χ0n) is 19.0. The van der Waals surface area contributed by atoms with Gasteiger partial charge in [0.15, 0.2) is 5.89 Å². The van der Waals surface area contributed by atoms with Crippen LogP contribution in [0.25, 0.3) is 17.0 Å². The van der Waals surface area contributed by atoms with E-state index in [1.165, 1.54) is 18.2 Å². The molecule has 0 saturated carbocycles. The van der Waals surface area contributed by atoms with Gasteiger partial charge >= 0.3 is 0 Å². The maximum absolute atomic E-state index is 14.7. The summed E-state index contributed by atoms with van der Waals surface area (Å²) in [6, 6.07) is 4.66. The molecule has 0 bridgehead atoms. The number of carbonyl (C=O) groups excluding carboxylic acids is 1. The van der Waals surface area contributed by atoms with E-state index in [9.17, 15) is 9.18 Å². The van der Waals surface area contributed by atoms with Crippen molar-refractivity contribution in [3.63, 3.8) is 0 Å². The number of oxazole rings is 1. The summed E-state index contributed by atoms with van der Waals surface area (Å²) in [4.78, 5) is 29.8. The number of fused-ring (bicyclic) bond motifs is 1. The van der Waals surface area contributed by atoms with Gasteiger partial charge in [-0.05, 0) is 39.0 Å². The lowest BCUT2D eigenvalue weighted by Gasteiger charge is -2.07. The number of aromatic nitrogens is 4. The number of anilines is 2.